The van der Waals surface area contributed by atoms with E-state index >= 15 is 0 Å². The number of carbonyl (C=O) groups is 1. The Labute approximate surface area is 146 Å². The highest BCUT2D eigenvalue weighted by molar-refractivity contribution is 5.86. The first-order valence-corrected chi connectivity index (χ1v) is 8.36. The van der Waals surface area contributed by atoms with Gasteiger partial charge in [0.25, 0.3) is 0 Å². The zero-order valence-electron chi connectivity index (χ0n) is 14.2. The molecule has 2 aliphatic rings. The number of hydrogen-bond acceptors (Lipinski definition) is 5. The second-order valence-corrected chi connectivity index (χ2v) is 6.88. The summed E-state index contributed by atoms with van der Waals surface area (Å²) in [4.78, 5) is 14.4. The Kier molecular flexibility index (Phi) is 3.58. The molecule has 1 amide bonds. The molecule has 1 unspecified atom stereocenters. The van der Waals surface area contributed by atoms with Crippen molar-refractivity contribution in [3.63, 3.8) is 0 Å². The first-order valence-electron chi connectivity index (χ1n) is 8.36. The lowest BCUT2D eigenvalue weighted by atomic mass is 9.81. The number of aromatic hydroxyl groups is 1. The highest BCUT2D eigenvalue weighted by Gasteiger charge is 2.49. The third-order valence-corrected chi connectivity index (χ3v) is 5.26. The highest BCUT2D eigenvalue weighted by atomic mass is 16.6. The van der Waals surface area contributed by atoms with Crippen LogP contribution in [-0.4, -0.2) is 31.0 Å². The second-order valence-electron chi connectivity index (χ2n) is 6.88. The maximum Gasteiger partial charge on any atom is 0.417 e. The molecule has 6 nitrogen and oxygen atoms in total. The third-order valence-electron chi connectivity index (χ3n) is 5.26. The summed E-state index contributed by atoms with van der Waals surface area (Å²) in [6.45, 7) is 3.23. The molecule has 25 heavy (non-hydrogen) atoms. The fourth-order valence-corrected chi connectivity index (χ4v) is 3.95. The Morgan fingerprint density at radius 3 is 2.84 bits per heavy atom. The maximum absolute atomic E-state index is 12.1. The lowest BCUT2D eigenvalue weighted by Gasteiger charge is -2.27. The van der Waals surface area contributed by atoms with E-state index < -0.39 is 6.09 Å². The summed E-state index contributed by atoms with van der Waals surface area (Å²) in [5, 5.41) is 15.5. The van der Waals surface area contributed by atoms with Gasteiger partial charge in [0.1, 0.15) is 11.5 Å². The van der Waals surface area contributed by atoms with E-state index in [1.54, 1.807) is 12.1 Å². The average Bonchev–Trinajstić information content (AvgIpc) is 3.07. The Balaban J connectivity index is 1.53. The van der Waals surface area contributed by atoms with Gasteiger partial charge < -0.3 is 14.7 Å². The van der Waals surface area contributed by atoms with E-state index in [-0.39, 0.29) is 17.3 Å². The number of carbonyl (C=O) groups excluding carboxylic acids is 1. The molecule has 0 radical (unpaired) electrons. The molecular weight excluding hydrogens is 318 g/mol. The minimum Gasteiger partial charge on any atom is -0.508 e. The monoisotopic (exact) mass is 339 g/mol. The predicted molar refractivity (Wildman–Crippen MR) is 96.4 cm³/mol. The summed E-state index contributed by atoms with van der Waals surface area (Å²) in [6, 6.07) is 12.0. The molecule has 0 aliphatic carbocycles. The van der Waals surface area contributed by atoms with Crippen LogP contribution >= 0.6 is 0 Å². The largest absolute Gasteiger partial charge is 0.508 e. The zero-order chi connectivity index (χ0) is 17.6. The van der Waals surface area contributed by atoms with Gasteiger partial charge in [0.05, 0.1) is 6.17 Å². The van der Waals surface area contributed by atoms with Gasteiger partial charge in [0.15, 0.2) is 0 Å². The molecule has 0 aromatic heterocycles. The van der Waals surface area contributed by atoms with Gasteiger partial charge in [-0.15, -0.1) is 0 Å². The van der Waals surface area contributed by atoms with Crippen molar-refractivity contribution in [1.29, 1.82) is 0 Å². The van der Waals surface area contributed by atoms with Crippen LogP contribution in [0.2, 0.25) is 0 Å². The molecule has 0 spiro atoms. The Morgan fingerprint density at radius 2 is 2.08 bits per heavy atom. The molecule has 6 heteroatoms. The summed E-state index contributed by atoms with van der Waals surface area (Å²) in [5.41, 5.74) is 2.97. The summed E-state index contributed by atoms with van der Waals surface area (Å²) < 4.78 is 5.45. The number of hydrogen-bond donors (Lipinski definition) is 3. The van der Waals surface area contributed by atoms with Crippen LogP contribution in [0.5, 0.6) is 11.5 Å². The van der Waals surface area contributed by atoms with Crippen LogP contribution in [0.3, 0.4) is 0 Å². The zero-order valence-corrected chi connectivity index (χ0v) is 14.2. The van der Waals surface area contributed by atoms with E-state index in [2.05, 4.69) is 29.5 Å². The van der Waals surface area contributed by atoms with Gasteiger partial charge in [-0.1, -0.05) is 6.92 Å². The number of nitrogens with zero attached hydrogens (tertiary/aromatic N) is 1. The van der Waals surface area contributed by atoms with Crippen molar-refractivity contribution >= 4 is 17.5 Å². The standard InChI is InChI=1S/C19H21N3O3/c1-19-9-10-20-17(19)22(2)16-8-7-14(11-15(16)19)25-18(24)21-12-3-5-13(23)6-4-12/h3-8,11,17,20,23H,9-10H2,1-2H3,(H,21,24)/t17?,19-/m0/s1. The van der Waals surface area contributed by atoms with E-state index in [1.807, 2.05) is 18.2 Å². The molecule has 0 saturated carbocycles. The minimum absolute atomic E-state index is 0.0247. The fraction of sp³-hybridized carbons (Fsp3) is 0.316. The first-order chi connectivity index (χ1) is 12.0. The molecule has 130 valence electrons. The van der Waals surface area contributed by atoms with Crippen LogP contribution in [0.25, 0.3) is 0 Å². The first kappa shape index (κ1) is 15.8. The van der Waals surface area contributed by atoms with E-state index in [9.17, 15) is 9.90 Å². The lowest BCUT2D eigenvalue weighted by molar-refractivity contribution is 0.215. The van der Waals surface area contributed by atoms with Crippen LogP contribution in [0, 0.1) is 0 Å². The van der Waals surface area contributed by atoms with Gasteiger partial charge >= 0.3 is 6.09 Å². The number of fused-ring (bicyclic) bond motifs is 3. The number of phenols is 1. The lowest BCUT2D eigenvalue weighted by Crippen LogP contribution is -2.44. The van der Waals surface area contributed by atoms with Crippen molar-refractivity contribution in [2.75, 3.05) is 23.8 Å². The summed E-state index contributed by atoms with van der Waals surface area (Å²) in [7, 11) is 2.09. The van der Waals surface area contributed by atoms with E-state index in [0.717, 1.165) is 13.0 Å². The fourth-order valence-electron chi connectivity index (χ4n) is 3.95. The van der Waals surface area contributed by atoms with Crippen LogP contribution in [-0.2, 0) is 5.41 Å². The molecule has 1 saturated heterocycles. The van der Waals surface area contributed by atoms with Crippen molar-refractivity contribution in [3.8, 4) is 11.5 Å². The molecular formula is C19H21N3O3. The van der Waals surface area contributed by atoms with Gasteiger partial charge in [-0.25, -0.2) is 4.79 Å². The average molecular weight is 339 g/mol. The topological polar surface area (TPSA) is 73.8 Å². The van der Waals surface area contributed by atoms with Crippen molar-refractivity contribution in [2.45, 2.75) is 24.9 Å². The van der Waals surface area contributed by atoms with Gasteiger partial charge in [0.2, 0.25) is 0 Å². The maximum atomic E-state index is 12.1. The number of nitrogens with one attached hydrogen (secondary N) is 2. The van der Waals surface area contributed by atoms with E-state index in [4.69, 9.17) is 4.74 Å². The number of phenolic OH excluding ortho intramolecular Hbond substituents is 1. The van der Waals surface area contributed by atoms with Gasteiger partial charge in [-0.2, -0.15) is 0 Å². The summed E-state index contributed by atoms with van der Waals surface area (Å²) in [5.74, 6) is 0.673. The molecule has 2 aromatic carbocycles. The smallest absolute Gasteiger partial charge is 0.417 e. The minimum atomic E-state index is -0.553. The molecule has 2 atom stereocenters. The molecule has 2 aliphatic heterocycles. The Hall–Kier alpha value is -2.73. The molecule has 0 bridgehead atoms. The van der Waals surface area contributed by atoms with Crippen LogP contribution in [0.1, 0.15) is 18.9 Å². The Morgan fingerprint density at radius 1 is 1.32 bits per heavy atom. The normalized spacial score (nSPS) is 23.9. The van der Waals surface area contributed by atoms with Crippen LogP contribution < -0.4 is 20.3 Å². The quantitative estimate of drug-likeness (QED) is 0.734. The van der Waals surface area contributed by atoms with Crippen molar-refractivity contribution < 1.29 is 14.6 Å². The van der Waals surface area contributed by atoms with Crippen molar-refractivity contribution in [2.24, 2.45) is 0 Å². The number of ether oxygens (including phenoxy) is 1. The number of rotatable bonds is 2. The van der Waals surface area contributed by atoms with Gasteiger partial charge in [0, 0.05) is 23.8 Å². The molecule has 2 aromatic rings. The van der Waals surface area contributed by atoms with Crippen molar-refractivity contribution in [1.82, 2.24) is 5.32 Å². The highest BCUT2D eigenvalue weighted by Crippen LogP contribution is 2.49. The van der Waals surface area contributed by atoms with Crippen LogP contribution in [0.15, 0.2) is 42.5 Å². The molecule has 2 heterocycles. The van der Waals surface area contributed by atoms with Gasteiger partial charge in [-0.3, -0.25) is 10.6 Å². The molecule has 3 N–H and O–H groups in total. The third kappa shape index (κ3) is 2.59. The van der Waals surface area contributed by atoms with E-state index in [0.29, 0.717) is 11.4 Å². The number of likely N-dealkylation sites (N-methyl/N-ethyl adjacent to an activating group) is 1. The molecule has 1 fully saturated rings. The van der Waals surface area contributed by atoms with E-state index in [1.165, 1.54) is 23.4 Å². The molecule has 4 rings (SSSR count). The summed E-state index contributed by atoms with van der Waals surface area (Å²) in [6.07, 6.45) is 0.782. The number of benzene rings is 2. The number of anilines is 2. The number of amides is 1. The Bertz CT molecular complexity index is 821. The predicted octanol–water partition coefficient (Wildman–Crippen LogP) is 3.03. The SMILES string of the molecule is CN1c2ccc(OC(=O)Nc3ccc(O)cc3)cc2[C@]2(C)CCNC12. The van der Waals surface area contributed by atoms with Crippen LogP contribution in [0.4, 0.5) is 16.2 Å². The summed E-state index contributed by atoms with van der Waals surface area (Å²) >= 11 is 0. The van der Waals surface area contributed by atoms with Crippen molar-refractivity contribution in [3.05, 3.63) is 48.0 Å². The second kappa shape index (κ2) is 5.67. The van der Waals surface area contributed by atoms with Gasteiger partial charge in [-0.05, 0) is 61.0 Å².